The van der Waals surface area contributed by atoms with Gasteiger partial charge in [-0.15, -0.1) is 11.3 Å². The molecule has 2 heterocycles. The van der Waals surface area contributed by atoms with Crippen molar-refractivity contribution in [3.63, 3.8) is 0 Å². The van der Waals surface area contributed by atoms with E-state index in [9.17, 15) is 13.2 Å². The molecule has 0 aromatic carbocycles. The molecule has 19 heavy (non-hydrogen) atoms. The van der Waals surface area contributed by atoms with Crippen LogP contribution in [0.1, 0.15) is 20.9 Å². The molecule has 0 bridgehead atoms. The van der Waals surface area contributed by atoms with Crippen molar-refractivity contribution in [3.8, 4) is 0 Å². The third-order valence-corrected chi connectivity index (χ3v) is 4.94. The monoisotopic (exact) mass is 302 g/mol. The van der Waals surface area contributed by atoms with Crippen LogP contribution in [-0.4, -0.2) is 24.5 Å². The van der Waals surface area contributed by atoms with Crippen molar-refractivity contribution < 1.29 is 22.7 Å². The highest BCUT2D eigenvalue weighted by atomic mass is 32.2. The topological polar surface area (TPSA) is 110 Å². The Kier molecular flexibility index (Phi) is 3.33. The number of carboxylic acid groups (broad SMARTS) is 1. The minimum absolute atomic E-state index is 0.195. The van der Waals surface area contributed by atoms with Gasteiger partial charge in [-0.3, -0.25) is 0 Å². The summed E-state index contributed by atoms with van der Waals surface area (Å²) < 4.78 is 31.3. The van der Waals surface area contributed by atoms with E-state index in [0.29, 0.717) is 11.3 Å². The van der Waals surface area contributed by atoms with Crippen LogP contribution in [-0.2, 0) is 10.0 Å². The predicted molar refractivity (Wildman–Crippen MR) is 68.1 cm³/mol. The number of aromatic nitrogens is 1. The number of nitrogens with zero attached hydrogens (tertiary/aromatic N) is 1. The van der Waals surface area contributed by atoms with Crippen molar-refractivity contribution in [3.05, 3.63) is 27.8 Å². The van der Waals surface area contributed by atoms with Crippen LogP contribution < -0.4 is 4.72 Å². The zero-order valence-electron chi connectivity index (χ0n) is 10.00. The van der Waals surface area contributed by atoms with Crippen molar-refractivity contribution in [2.75, 3.05) is 4.72 Å². The predicted octanol–water partition coefficient (Wildman–Crippen LogP) is 1.85. The van der Waals surface area contributed by atoms with Gasteiger partial charge in [-0.25, -0.2) is 17.9 Å². The SMILES string of the molecule is Cc1coc(NS(=O)(=O)c2c(C)csc2C(=O)O)n1. The van der Waals surface area contributed by atoms with E-state index in [1.807, 2.05) is 0 Å². The van der Waals surface area contributed by atoms with Gasteiger partial charge in [0.05, 0.1) is 5.69 Å². The van der Waals surface area contributed by atoms with Crippen molar-refractivity contribution in [1.82, 2.24) is 4.98 Å². The molecule has 0 fully saturated rings. The lowest BCUT2D eigenvalue weighted by atomic mass is 10.3. The van der Waals surface area contributed by atoms with Crippen LogP contribution >= 0.6 is 11.3 Å². The van der Waals surface area contributed by atoms with Crippen molar-refractivity contribution in [2.24, 2.45) is 0 Å². The molecule has 9 heteroatoms. The first-order valence-electron chi connectivity index (χ1n) is 5.07. The van der Waals surface area contributed by atoms with Gasteiger partial charge in [0.15, 0.2) is 0 Å². The molecule has 0 spiro atoms. The van der Waals surface area contributed by atoms with Gasteiger partial charge >= 0.3 is 12.0 Å². The number of thiophene rings is 1. The van der Waals surface area contributed by atoms with Crippen LogP contribution in [0.25, 0.3) is 0 Å². The zero-order chi connectivity index (χ0) is 14.2. The Morgan fingerprint density at radius 2 is 2.16 bits per heavy atom. The van der Waals surface area contributed by atoms with Crippen LogP contribution in [0, 0.1) is 13.8 Å². The molecule has 2 rings (SSSR count). The molecule has 7 nitrogen and oxygen atoms in total. The number of rotatable bonds is 4. The molecule has 0 amide bonds. The van der Waals surface area contributed by atoms with E-state index in [1.165, 1.54) is 18.6 Å². The number of sulfonamides is 1. The Hall–Kier alpha value is -1.87. The Bertz CT molecular complexity index is 729. The number of nitrogens with one attached hydrogen (secondary N) is 1. The van der Waals surface area contributed by atoms with E-state index in [4.69, 9.17) is 9.52 Å². The van der Waals surface area contributed by atoms with E-state index < -0.39 is 16.0 Å². The van der Waals surface area contributed by atoms with Gasteiger partial charge in [0.25, 0.3) is 10.0 Å². The van der Waals surface area contributed by atoms with Crippen LogP contribution in [0.3, 0.4) is 0 Å². The van der Waals surface area contributed by atoms with Crippen molar-refractivity contribution in [1.29, 1.82) is 0 Å². The second-order valence-electron chi connectivity index (χ2n) is 3.78. The van der Waals surface area contributed by atoms with Gasteiger partial charge in [0, 0.05) is 0 Å². The Balaban J connectivity index is 2.45. The summed E-state index contributed by atoms with van der Waals surface area (Å²) >= 11 is 0.857. The van der Waals surface area contributed by atoms with Gasteiger partial charge in [-0.1, -0.05) is 0 Å². The molecule has 2 aromatic rings. The summed E-state index contributed by atoms with van der Waals surface area (Å²) in [7, 11) is -4.04. The van der Waals surface area contributed by atoms with Gasteiger partial charge in [0.2, 0.25) is 0 Å². The van der Waals surface area contributed by atoms with Gasteiger partial charge in [-0.05, 0) is 24.8 Å². The highest BCUT2D eigenvalue weighted by molar-refractivity contribution is 7.93. The van der Waals surface area contributed by atoms with Crippen molar-refractivity contribution >= 4 is 33.3 Å². The maximum atomic E-state index is 12.2. The molecular weight excluding hydrogens is 292 g/mol. The van der Waals surface area contributed by atoms with Crippen molar-refractivity contribution in [2.45, 2.75) is 18.7 Å². The molecule has 0 aliphatic carbocycles. The number of oxazole rings is 1. The molecule has 102 valence electrons. The van der Waals surface area contributed by atoms with Gasteiger partial charge < -0.3 is 9.52 Å². The highest BCUT2D eigenvalue weighted by Crippen LogP contribution is 2.28. The number of anilines is 1. The van der Waals surface area contributed by atoms with E-state index in [2.05, 4.69) is 9.71 Å². The summed E-state index contributed by atoms with van der Waals surface area (Å²) in [6.45, 7) is 3.16. The molecule has 0 aliphatic rings. The number of carboxylic acids is 1. The maximum absolute atomic E-state index is 12.2. The minimum Gasteiger partial charge on any atom is -0.477 e. The molecule has 0 aliphatic heterocycles. The lowest BCUT2D eigenvalue weighted by molar-refractivity contribution is 0.0698. The summed E-state index contributed by atoms with van der Waals surface area (Å²) in [5, 5.41) is 10.5. The fraction of sp³-hybridized carbons (Fsp3) is 0.200. The van der Waals surface area contributed by atoms with E-state index in [-0.39, 0.29) is 15.8 Å². The Labute approximate surface area is 113 Å². The summed E-state index contributed by atoms with van der Waals surface area (Å²) in [6.07, 6.45) is 1.29. The van der Waals surface area contributed by atoms with Crippen LogP contribution in [0.4, 0.5) is 6.01 Å². The molecule has 2 N–H and O–H groups in total. The smallest absolute Gasteiger partial charge is 0.347 e. The summed E-state index contributed by atoms with van der Waals surface area (Å²) in [6, 6.07) is -0.195. The first-order valence-corrected chi connectivity index (χ1v) is 7.44. The van der Waals surface area contributed by atoms with E-state index >= 15 is 0 Å². The standard InChI is InChI=1S/C10H10N2O5S2/c1-5-4-18-7(9(13)14)8(5)19(15,16)12-10-11-6(2)3-17-10/h3-4H,1-2H3,(H,11,12)(H,13,14). The summed E-state index contributed by atoms with van der Waals surface area (Å²) in [4.78, 5) is 14.3. The van der Waals surface area contributed by atoms with Crippen LogP contribution in [0.5, 0.6) is 0 Å². The number of aromatic carboxylic acids is 1. The first-order chi connectivity index (χ1) is 8.81. The molecule has 2 aromatic heterocycles. The average Bonchev–Trinajstić information content (AvgIpc) is 2.84. The van der Waals surface area contributed by atoms with Gasteiger partial charge in [0.1, 0.15) is 16.0 Å². The maximum Gasteiger partial charge on any atom is 0.347 e. The summed E-state index contributed by atoms with van der Waals surface area (Å²) in [5.74, 6) is -1.29. The lowest BCUT2D eigenvalue weighted by Gasteiger charge is -2.05. The van der Waals surface area contributed by atoms with E-state index in [0.717, 1.165) is 11.3 Å². The largest absolute Gasteiger partial charge is 0.477 e. The van der Waals surface area contributed by atoms with E-state index in [1.54, 1.807) is 6.92 Å². The molecule has 0 unspecified atom stereocenters. The molecule has 0 saturated heterocycles. The number of carbonyl (C=O) groups is 1. The molecule has 0 atom stereocenters. The lowest BCUT2D eigenvalue weighted by Crippen LogP contribution is -2.16. The fourth-order valence-electron chi connectivity index (χ4n) is 1.48. The highest BCUT2D eigenvalue weighted by Gasteiger charge is 2.28. The quantitative estimate of drug-likeness (QED) is 0.892. The zero-order valence-corrected chi connectivity index (χ0v) is 11.6. The first kappa shape index (κ1) is 13.6. The Morgan fingerprint density at radius 3 is 2.68 bits per heavy atom. The van der Waals surface area contributed by atoms with Crippen LogP contribution in [0.2, 0.25) is 0 Å². The third-order valence-electron chi connectivity index (χ3n) is 2.22. The number of hydrogen-bond donors (Lipinski definition) is 2. The minimum atomic E-state index is -4.04. The molecule has 0 saturated carbocycles. The fourth-order valence-corrected chi connectivity index (χ4v) is 4.05. The van der Waals surface area contributed by atoms with Crippen LogP contribution in [0.15, 0.2) is 21.0 Å². The Morgan fingerprint density at radius 1 is 1.47 bits per heavy atom. The number of aryl methyl sites for hydroxylation is 2. The molecule has 0 radical (unpaired) electrons. The average molecular weight is 302 g/mol. The second kappa shape index (κ2) is 4.67. The number of hydrogen-bond acceptors (Lipinski definition) is 6. The summed E-state index contributed by atoms with van der Waals surface area (Å²) in [5.41, 5.74) is 0.872. The third kappa shape index (κ3) is 2.61. The van der Waals surface area contributed by atoms with Gasteiger partial charge in [-0.2, -0.15) is 4.98 Å². The normalized spacial score (nSPS) is 11.5. The molecular formula is C10H10N2O5S2. The second-order valence-corrected chi connectivity index (χ2v) is 6.28.